The van der Waals surface area contributed by atoms with Crippen LogP contribution in [0.25, 0.3) is 97.4 Å². The molecule has 0 amide bonds. The molecule has 3 heteroatoms. The van der Waals surface area contributed by atoms with Crippen molar-refractivity contribution in [2.24, 2.45) is 0 Å². The molecule has 11 aromatic rings. The zero-order valence-corrected chi connectivity index (χ0v) is 28.4. The van der Waals surface area contributed by atoms with Crippen molar-refractivity contribution in [1.29, 1.82) is 0 Å². The SMILES string of the molecule is c1ccc(-n2c3ccccc3c3cc(-c4ccc(-n5c6ccccc6c6ccc(-c7ccc8sc9ccccc9c8c7)cc65)cc4)ccc32)cc1. The van der Waals surface area contributed by atoms with E-state index in [9.17, 15) is 0 Å². The van der Waals surface area contributed by atoms with E-state index in [0.717, 1.165) is 5.69 Å². The summed E-state index contributed by atoms with van der Waals surface area (Å²) in [6, 6.07) is 66.7. The first-order chi connectivity index (χ1) is 25.3. The summed E-state index contributed by atoms with van der Waals surface area (Å²) in [5.41, 5.74) is 12.1. The summed E-state index contributed by atoms with van der Waals surface area (Å²) in [4.78, 5) is 0. The van der Waals surface area contributed by atoms with Crippen LogP contribution in [-0.4, -0.2) is 9.13 Å². The molecule has 0 saturated carbocycles. The van der Waals surface area contributed by atoms with Crippen molar-refractivity contribution < 1.29 is 0 Å². The molecule has 3 aromatic heterocycles. The number of rotatable bonds is 4. The summed E-state index contributed by atoms with van der Waals surface area (Å²) < 4.78 is 7.46. The van der Waals surface area contributed by atoms with Crippen LogP contribution in [0.2, 0.25) is 0 Å². The number of benzene rings is 8. The molecule has 8 aromatic carbocycles. The number of thiophene rings is 1. The van der Waals surface area contributed by atoms with Crippen LogP contribution in [0.1, 0.15) is 0 Å². The largest absolute Gasteiger partial charge is 0.309 e. The molecule has 0 spiro atoms. The molecule has 2 nitrogen and oxygen atoms in total. The second kappa shape index (κ2) is 11.0. The summed E-state index contributed by atoms with van der Waals surface area (Å²) in [5, 5.41) is 7.72. The lowest BCUT2D eigenvalue weighted by atomic mass is 10.0. The Morgan fingerprint density at radius 3 is 1.57 bits per heavy atom. The molecule has 0 bridgehead atoms. The summed E-state index contributed by atoms with van der Waals surface area (Å²) in [6.45, 7) is 0. The van der Waals surface area contributed by atoms with Crippen LogP contribution in [0.3, 0.4) is 0 Å². The average molecular weight is 667 g/mol. The van der Waals surface area contributed by atoms with Gasteiger partial charge in [-0.25, -0.2) is 0 Å². The van der Waals surface area contributed by atoms with Crippen molar-refractivity contribution >= 4 is 75.1 Å². The predicted molar refractivity (Wildman–Crippen MR) is 219 cm³/mol. The van der Waals surface area contributed by atoms with Crippen molar-refractivity contribution in [3.05, 3.63) is 182 Å². The van der Waals surface area contributed by atoms with Gasteiger partial charge in [0, 0.05) is 53.1 Å². The standard InChI is InChI=1S/C48H30N2S/c1-2-10-35(11-3-1)49-44-16-8-5-13-38(44)41-28-32(21-26-45(41)49)31-18-23-36(24-19-31)50-43-15-7-4-12-37(43)39-25-20-34(30-46(39)50)33-22-27-48-42(29-33)40-14-6-9-17-47(40)51-48/h1-30H. The Kier molecular flexibility index (Phi) is 6.16. The maximum Gasteiger partial charge on any atom is 0.0547 e. The molecular weight excluding hydrogens is 637 g/mol. The first-order valence-electron chi connectivity index (χ1n) is 17.4. The highest BCUT2D eigenvalue weighted by atomic mass is 32.1. The van der Waals surface area contributed by atoms with Crippen LogP contribution < -0.4 is 0 Å². The Balaban J connectivity index is 1.03. The van der Waals surface area contributed by atoms with Gasteiger partial charge in [-0.15, -0.1) is 11.3 Å². The summed E-state index contributed by atoms with van der Waals surface area (Å²) in [6.07, 6.45) is 0. The van der Waals surface area contributed by atoms with E-state index in [1.807, 2.05) is 11.3 Å². The molecule has 0 aliphatic carbocycles. The van der Waals surface area contributed by atoms with Gasteiger partial charge in [0.15, 0.2) is 0 Å². The number of aromatic nitrogens is 2. The van der Waals surface area contributed by atoms with Gasteiger partial charge in [0.05, 0.1) is 22.1 Å². The van der Waals surface area contributed by atoms with Crippen LogP contribution in [0, 0.1) is 0 Å². The normalized spacial score (nSPS) is 11.9. The molecule has 51 heavy (non-hydrogen) atoms. The molecular formula is C48H30N2S. The van der Waals surface area contributed by atoms with E-state index >= 15 is 0 Å². The molecule has 11 rings (SSSR count). The minimum Gasteiger partial charge on any atom is -0.309 e. The Bertz CT molecular complexity index is 3120. The fourth-order valence-corrected chi connectivity index (χ4v) is 9.23. The molecule has 0 radical (unpaired) electrons. The second-order valence-corrected chi connectivity index (χ2v) is 14.4. The monoisotopic (exact) mass is 666 g/mol. The van der Waals surface area contributed by atoms with E-state index in [1.165, 1.54) is 91.7 Å². The quantitative estimate of drug-likeness (QED) is 0.177. The average Bonchev–Trinajstić information content (AvgIpc) is 3.85. The van der Waals surface area contributed by atoms with Crippen molar-refractivity contribution in [3.8, 4) is 33.6 Å². The van der Waals surface area contributed by atoms with Crippen molar-refractivity contribution in [3.63, 3.8) is 0 Å². The minimum absolute atomic E-state index is 1.16. The van der Waals surface area contributed by atoms with Crippen molar-refractivity contribution in [2.45, 2.75) is 0 Å². The van der Waals surface area contributed by atoms with Gasteiger partial charge in [0.25, 0.3) is 0 Å². The fourth-order valence-electron chi connectivity index (χ4n) is 8.14. The Hall–Kier alpha value is -6.42. The van der Waals surface area contributed by atoms with Crippen LogP contribution in [0.4, 0.5) is 0 Å². The minimum atomic E-state index is 1.16. The summed E-state index contributed by atoms with van der Waals surface area (Å²) >= 11 is 1.87. The molecule has 0 N–H and O–H groups in total. The predicted octanol–water partition coefficient (Wildman–Crippen LogP) is 13.6. The smallest absolute Gasteiger partial charge is 0.0547 e. The first kappa shape index (κ1) is 28.4. The Morgan fingerprint density at radius 2 is 0.765 bits per heavy atom. The molecule has 0 aliphatic heterocycles. The molecule has 3 heterocycles. The highest BCUT2D eigenvalue weighted by Crippen LogP contribution is 2.40. The van der Waals surface area contributed by atoms with E-state index in [0.29, 0.717) is 0 Å². The zero-order chi connectivity index (χ0) is 33.5. The highest BCUT2D eigenvalue weighted by molar-refractivity contribution is 7.25. The Morgan fingerprint density at radius 1 is 0.275 bits per heavy atom. The third-order valence-electron chi connectivity index (χ3n) is 10.5. The van der Waals surface area contributed by atoms with Gasteiger partial charge in [-0.1, -0.05) is 109 Å². The Labute approximate surface area is 298 Å². The maximum absolute atomic E-state index is 2.42. The molecule has 0 saturated heterocycles. The second-order valence-electron chi connectivity index (χ2n) is 13.4. The lowest BCUT2D eigenvalue weighted by molar-refractivity contribution is 1.18. The van der Waals surface area contributed by atoms with E-state index in [1.54, 1.807) is 0 Å². The van der Waals surface area contributed by atoms with Crippen LogP contribution in [-0.2, 0) is 0 Å². The maximum atomic E-state index is 2.42. The summed E-state index contributed by atoms with van der Waals surface area (Å²) in [7, 11) is 0. The number of para-hydroxylation sites is 3. The van der Waals surface area contributed by atoms with E-state index in [4.69, 9.17) is 0 Å². The lowest BCUT2D eigenvalue weighted by Gasteiger charge is -2.11. The topological polar surface area (TPSA) is 9.86 Å². The van der Waals surface area contributed by atoms with E-state index in [-0.39, 0.29) is 0 Å². The van der Waals surface area contributed by atoms with Crippen molar-refractivity contribution in [1.82, 2.24) is 9.13 Å². The van der Waals surface area contributed by atoms with Crippen LogP contribution in [0.5, 0.6) is 0 Å². The van der Waals surface area contributed by atoms with Gasteiger partial charge in [-0.05, 0) is 95.1 Å². The first-order valence-corrected chi connectivity index (χ1v) is 18.2. The van der Waals surface area contributed by atoms with Gasteiger partial charge < -0.3 is 9.13 Å². The molecule has 0 aliphatic rings. The number of hydrogen-bond acceptors (Lipinski definition) is 1. The zero-order valence-electron chi connectivity index (χ0n) is 27.6. The van der Waals surface area contributed by atoms with Crippen molar-refractivity contribution in [2.75, 3.05) is 0 Å². The van der Waals surface area contributed by atoms with Crippen LogP contribution >= 0.6 is 11.3 Å². The number of fused-ring (bicyclic) bond motifs is 9. The number of hydrogen-bond donors (Lipinski definition) is 0. The van der Waals surface area contributed by atoms with Gasteiger partial charge in [0.1, 0.15) is 0 Å². The van der Waals surface area contributed by atoms with Gasteiger partial charge in [-0.2, -0.15) is 0 Å². The highest BCUT2D eigenvalue weighted by Gasteiger charge is 2.16. The fraction of sp³-hybridized carbons (Fsp3) is 0. The molecule has 0 fully saturated rings. The third-order valence-corrected chi connectivity index (χ3v) is 11.7. The lowest BCUT2D eigenvalue weighted by Crippen LogP contribution is -1.94. The van der Waals surface area contributed by atoms with E-state index in [2.05, 4.69) is 191 Å². The van der Waals surface area contributed by atoms with Gasteiger partial charge in [-0.3, -0.25) is 0 Å². The molecule has 0 unspecified atom stereocenters. The van der Waals surface area contributed by atoms with Gasteiger partial charge >= 0.3 is 0 Å². The third kappa shape index (κ3) is 4.35. The van der Waals surface area contributed by atoms with Crippen LogP contribution in [0.15, 0.2) is 182 Å². The van der Waals surface area contributed by atoms with Gasteiger partial charge in [0.2, 0.25) is 0 Å². The summed E-state index contributed by atoms with van der Waals surface area (Å²) in [5.74, 6) is 0. The van der Waals surface area contributed by atoms with E-state index < -0.39 is 0 Å². The number of nitrogens with zero attached hydrogens (tertiary/aromatic N) is 2. The molecule has 0 atom stereocenters. The molecule has 238 valence electrons.